The molecular formula is C22H20ClN5OS. The molecule has 0 spiro atoms. The lowest BCUT2D eigenvalue weighted by Crippen LogP contribution is -2.01. The lowest BCUT2D eigenvalue weighted by molar-refractivity contribution is 0.306. The summed E-state index contributed by atoms with van der Waals surface area (Å²) in [6, 6.07) is 7.92. The van der Waals surface area contributed by atoms with Crippen LogP contribution in [0.15, 0.2) is 71.4 Å². The number of fused-ring (bicyclic) bond motifs is 1. The summed E-state index contributed by atoms with van der Waals surface area (Å²) in [7, 11) is 0. The molecule has 0 saturated heterocycles. The third-order valence-corrected chi connectivity index (χ3v) is 5.67. The monoisotopic (exact) mass is 437 g/mol. The number of nitrogens with zero attached hydrogens (tertiary/aromatic N) is 3. The number of ether oxygens (including phenoxy) is 1. The third kappa shape index (κ3) is 4.42. The van der Waals surface area contributed by atoms with Crippen molar-refractivity contribution in [1.82, 2.24) is 19.9 Å². The lowest BCUT2D eigenvalue weighted by Gasteiger charge is -2.14. The van der Waals surface area contributed by atoms with Crippen LogP contribution in [-0.2, 0) is 6.61 Å². The lowest BCUT2D eigenvalue weighted by atomic mass is 10.1. The Labute approximate surface area is 183 Å². The van der Waals surface area contributed by atoms with Gasteiger partial charge in [0.1, 0.15) is 17.9 Å². The second-order valence-electron chi connectivity index (χ2n) is 6.49. The number of imidazole rings is 1. The van der Waals surface area contributed by atoms with Crippen molar-refractivity contribution in [2.45, 2.75) is 30.5 Å². The van der Waals surface area contributed by atoms with Crippen molar-refractivity contribution in [3.8, 4) is 5.75 Å². The molecule has 152 valence electrons. The van der Waals surface area contributed by atoms with Gasteiger partial charge in [0.05, 0.1) is 5.02 Å². The molecule has 0 atom stereocenters. The van der Waals surface area contributed by atoms with Gasteiger partial charge in [0, 0.05) is 52.0 Å². The van der Waals surface area contributed by atoms with E-state index in [0.29, 0.717) is 10.8 Å². The van der Waals surface area contributed by atoms with Gasteiger partial charge in [-0.1, -0.05) is 29.8 Å². The van der Waals surface area contributed by atoms with E-state index in [1.165, 1.54) is 11.8 Å². The van der Waals surface area contributed by atoms with E-state index in [2.05, 4.69) is 20.3 Å². The predicted octanol–water partition coefficient (Wildman–Crippen LogP) is 5.99. The summed E-state index contributed by atoms with van der Waals surface area (Å²) >= 11 is 7.90. The van der Waals surface area contributed by atoms with Gasteiger partial charge < -0.3 is 15.0 Å². The molecule has 8 heteroatoms. The Morgan fingerprint density at radius 2 is 2.20 bits per heavy atom. The van der Waals surface area contributed by atoms with Crippen LogP contribution >= 0.6 is 23.4 Å². The van der Waals surface area contributed by atoms with E-state index in [-0.39, 0.29) is 6.61 Å². The van der Waals surface area contributed by atoms with Crippen molar-refractivity contribution in [1.29, 1.82) is 0 Å². The molecule has 3 heterocycles. The van der Waals surface area contributed by atoms with E-state index >= 15 is 0 Å². The van der Waals surface area contributed by atoms with E-state index in [1.54, 1.807) is 24.8 Å². The number of hydrogen-bond acceptors (Lipinski definition) is 6. The van der Waals surface area contributed by atoms with Crippen LogP contribution in [0.3, 0.4) is 0 Å². The fourth-order valence-electron chi connectivity index (χ4n) is 2.99. The van der Waals surface area contributed by atoms with Crippen molar-refractivity contribution >= 4 is 40.0 Å². The van der Waals surface area contributed by atoms with E-state index in [4.69, 9.17) is 21.3 Å². The highest BCUT2D eigenvalue weighted by atomic mass is 35.5. The number of aryl methyl sites for hydroxylation is 1. The van der Waals surface area contributed by atoms with Gasteiger partial charge in [-0.3, -0.25) is 4.98 Å². The second kappa shape index (κ2) is 9.19. The number of anilines is 1. The van der Waals surface area contributed by atoms with Crippen LogP contribution in [0.25, 0.3) is 10.9 Å². The maximum absolute atomic E-state index is 6.44. The zero-order valence-electron chi connectivity index (χ0n) is 16.5. The summed E-state index contributed by atoms with van der Waals surface area (Å²) in [4.78, 5) is 17.1. The van der Waals surface area contributed by atoms with Gasteiger partial charge in [-0.05, 0) is 43.9 Å². The number of hydrogen-bond donors (Lipinski definition) is 2. The largest absolute Gasteiger partial charge is 0.487 e. The summed E-state index contributed by atoms with van der Waals surface area (Å²) in [6.45, 7) is 4.22. The van der Waals surface area contributed by atoms with Crippen molar-refractivity contribution in [3.05, 3.63) is 77.6 Å². The van der Waals surface area contributed by atoms with Crippen LogP contribution in [0.2, 0.25) is 5.02 Å². The minimum atomic E-state index is 0.288. The minimum absolute atomic E-state index is 0.288. The Bertz CT molecular complexity index is 1190. The van der Waals surface area contributed by atoms with Crippen molar-refractivity contribution in [2.75, 3.05) is 5.32 Å². The first-order valence-electron chi connectivity index (χ1n) is 9.36. The highest BCUT2D eigenvalue weighted by Gasteiger charge is 2.14. The van der Waals surface area contributed by atoms with Crippen LogP contribution in [0.1, 0.15) is 18.2 Å². The number of rotatable bonds is 7. The van der Waals surface area contributed by atoms with Gasteiger partial charge in [-0.25, -0.2) is 9.97 Å². The van der Waals surface area contributed by atoms with Crippen LogP contribution in [0, 0.1) is 6.92 Å². The standard InChI is InChI=1S/C22H20ClN5OS/c1-3-7-25-18-10-14(2)28-21-15(18)5-4-6-19(21)29-13-16-17(23)11-24-12-20(16)30-22-26-8-9-27-22/h3-12H,13H2,1-2H3,(H,25,28)(H,26,27)/b7-3-. The summed E-state index contributed by atoms with van der Waals surface area (Å²) in [5.41, 5.74) is 3.54. The van der Waals surface area contributed by atoms with E-state index in [0.717, 1.165) is 37.9 Å². The van der Waals surface area contributed by atoms with Crippen LogP contribution in [-0.4, -0.2) is 19.9 Å². The van der Waals surface area contributed by atoms with Crippen molar-refractivity contribution in [2.24, 2.45) is 0 Å². The first-order valence-corrected chi connectivity index (χ1v) is 10.6. The quantitative estimate of drug-likeness (QED) is 0.370. The number of aromatic nitrogens is 4. The number of allylic oxidation sites excluding steroid dienone is 1. The summed E-state index contributed by atoms with van der Waals surface area (Å²) in [6.07, 6.45) is 10.7. The molecule has 4 aromatic rings. The van der Waals surface area contributed by atoms with Gasteiger partial charge in [0.2, 0.25) is 0 Å². The normalized spacial score (nSPS) is 11.3. The first-order chi connectivity index (χ1) is 14.7. The molecule has 0 bridgehead atoms. The number of H-pyrrole nitrogens is 1. The number of benzene rings is 1. The van der Waals surface area contributed by atoms with Crippen LogP contribution in [0.4, 0.5) is 5.69 Å². The van der Waals surface area contributed by atoms with Gasteiger partial charge in [0.15, 0.2) is 5.16 Å². The van der Waals surface area contributed by atoms with Crippen LogP contribution in [0.5, 0.6) is 5.75 Å². The van der Waals surface area contributed by atoms with E-state index in [9.17, 15) is 0 Å². The molecule has 0 amide bonds. The molecule has 0 aliphatic heterocycles. The molecule has 0 radical (unpaired) electrons. The van der Waals surface area contributed by atoms with E-state index in [1.807, 2.05) is 50.4 Å². The zero-order chi connectivity index (χ0) is 20.9. The number of pyridine rings is 2. The summed E-state index contributed by atoms with van der Waals surface area (Å²) < 4.78 is 6.20. The van der Waals surface area contributed by atoms with Gasteiger partial charge in [0.25, 0.3) is 0 Å². The predicted molar refractivity (Wildman–Crippen MR) is 121 cm³/mol. The average molecular weight is 438 g/mol. The minimum Gasteiger partial charge on any atom is -0.487 e. The number of para-hydroxylation sites is 1. The molecule has 4 rings (SSSR count). The Balaban J connectivity index is 1.65. The van der Waals surface area contributed by atoms with Gasteiger partial charge in [-0.15, -0.1) is 0 Å². The number of halogens is 1. The molecule has 3 aromatic heterocycles. The SMILES string of the molecule is C/C=C\Nc1cc(C)nc2c(OCc3c(Cl)cncc3Sc3ncc[nH]3)cccc12. The molecular weight excluding hydrogens is 418 g/mol. The molecule has 1 aromatic carbocycles. The molecule has 6 nitrogen and oxygen atoms in total. The topological polar surface area (TPSA) is 75.7 Å². The first kappa shape index (κ1) is 20.3. The van der Waals surface area contributed by atoms with Crippen molar-refractivity contribution in [3.63, 3.8) is 0 Å². The molecule has 0 saturated carbocycles. The molecule has 0 aliphatic carbocycles. The number of nitrogens with one attached hydrogen (secondary N) is 2. The Morgan fingerprint density at radius 1 is 1.30 bits per heavy atom. The molecule has 0 fully saturated rings. The Hall–Kier alpha value is -3.03. The zero-order valence-corrected chi connectivity index (χ0v) is 18.1. The maximum atomic E-state index is 6.44. The molecule has 30 heavy (non-hydrogen) atoms. The van der Waals surface area contributed by atoms with Gasteiger partial charge in [-0.2, -0.15) is 0 Å². The smallest absolute Gasteiger partial charge is 0.170 e. The second-order valence-corrected chi connectivity index (χ2v) is 7.93. The summed E-state index contributed by atoms with van der Waals surface area (Å²) in [5.74, 6) is 0.696. The Kier molecular flexibility index (Phi) is 6.21. The number of aromatic amines is 1. The van der Waals surface area contributed by atoms with Crippen molar-refractivity contribution < 1.29 is 4.74 Å². The molecule has 0 aliphatic rings. The molecule has 0 unspecified atom stereocenters. The summed E-state index contributed by atoms with van der Waals surface area (Å²) in [5, 5.41) is 5.60. The fraction of sp³-hybridized carbons (Fsp3) is 0.136. The Morgan fingerprint density at radius 3 is 3.00 bits per heavy atom. The molecule has 2 N–H and O–H groups in total. The average Bonchev–Trinajstić information content (AvgIpc) is 3.25. The van der Waals surface area contributed by atoms with Crippen LogP contribution < -0.4 is 10.1 Å². The fourth-order valence-corrected chi connectivity index (χ4v) is 4.12. The highest BCUT2D eigenvalue weighted by molar-refractivity contribution is 7.99. The maximum Gasteiger partial charge on any atom is 0.170 e. The van der Waals surface area contributed by atoms with Gasteiger partial charge >= 0.3 is 0 Å². The highest BCUT2D eigenvalue weighted by Crippen LogP contribution is 2.34. The third-order valence-electron chi connectivity index (χ3n) is 4.35. The van der Waals surface area contributed by atoms with E-state index < -0.39 is 0 Å².